The summed E-state index contributed by atoms with van der Waals surface area (Å²) < 4.78 is 5.60. The quantitative estimate of drug-likeness (QED) is 0.0851. The summed E-state index contributed by atoms with van der Waals surface area (Å²) in [6.07, 6.45) is 6.35. The number of carbonyl (C=O) groups is 11. The fraction of sp³-hybridized carbons (Fsp3) is 0.485. The number of aliphatic hydroxyl groups is 1. The molecule has 3 aliphatic rings. The number of aromatic nitrogens is 2. The number of hydrogen-bond donors (Lipinski definition) is 9. The summed E-state index contributed by atoms with van der Waals surface area (Å²) in [4.78, 5) is 172. The monoisotopic (exact) mass is 1350 g/mol. The Morgan fingerprint density at radius 2 is 1.24 bits per heavy atom. The fourth-order valence-electron chi connectivity index (χ4n) is 12.3. The van der Waals surface area contributed by atoms with Gasteiger partial charge in [0, 0.05) is 105 Å². The highest BCUT2D eigenvalue weighted by atomic mass is 35.5. The van der Waals surface area contributed by atoms with Gasteiger partial charge >= 0.3 is 5.97 Å². The van der Waals surface area contributed by atoms with Crippen LogP contribution >= 0.6 is 11.6 Å². The molecule has 5 aromatic rings. The first-order valence-electron chi connectivity index (χ1n) is 32.4. The van der Waals surface area contributed by atoms with Gasteiger partial charge in [-0.15, -0.1) is 0 Å². The van der Waals surface area contributed by atoms with Crippen molar-refractivity contribution in [2.75, 3.05) is 60.5 Å². The molecule has 0 radical (unpaired) electrons. The zero-order chi connectivity index (χ0) is 68.6. The molecule has 11 N–H and O–H groups in total. The average molecular weight is 1350 g/mol. The van der Waals surface area contributed by atoms with Gasteiger partial charge in [0.25, 0.3) is 0 Å². The Morgan fingerprint density at radius 3 is 1.84 bits per heavy atom. The van der Waals surface area contributed by atoms with Crippen LogP contribution in [0.2, 0.25) is 5.02 Å². The second-order valence-electron chi connectivity index (χ2n) is 24.8. The van der Waals surface area contributed by atoms with Gasteiger partial charge in [-0.05, 0) is 93.3 Å². The number of halogens is 1. The summed E-state index contributed by atoms with van der Waals surface area (Å²) in [6.45, 7) is 7.71. The number of aliphatic hydroxyl groups excluding tert-OH is 1. The molecule has 0 saturated carbocycles. The molecule has 3 fully saturated rings. The van der Waals surface area contributed by atoms with Crippen LogP contribution in [0.3, 0.4) is 0 Å². The van der Waals surface area contributed by atoms with E-state index in [1.54, 1.807) is 54.5 Å². The topological polar surface area (TPSA) is 369 Å². The van der Waals surface area contributed by atoms with E-state index in [0.717, 1.165) is 33.1 Å². The van der Waals surface area contributed by atoms with Gasteiger partial charge in [0.2, 0.25) is 59.1 Å². The molecule has 27 nitrogen and oxygen atoms in total. The number of piperidine rings is 1. The van der Waals surface area contributed by atoms with E-state index < -0.39 is 146 Å². The molecule has 28 heteroatoms. The highest BCUT2D eigenvalue weighted by Gasteiger charge is 2.41. The third-order valence-corrected chi connectivity index (χ3v) is 18.3. The molecule has 96 heavy (non-hydrogen) atoms. The Hall–Kier alpha value is -9.34. The maximum Gasteiger partial charge on any atom is 0.331 e. The van der Waals surface area contributed by atoms with Crippen LogP contribution in [0.1, 0.15) is 95.2 Å². The van der Waals surface area contributed by atoms with E-state index >= 15 is 0 Å². The number of hydrogen-bond acceptors (Lipinski definition) is 14. The number of fused-ring (bicyclic) bond motifs is 3. The van der Waals surface area contributed by atoms with Crippen LogP contribution in [0, 0.1) is 0 Å². The number of amides is 10. The molecule has 0 spiro atoms. The summed E-state index contributed by atoms with van der Waals surface area (Å²) in [5.41, 5.74) is 3.38. The zero-order valence-corrected chi connectivity index (χ0v) is 55.9. The van der Waals surface area contributed by atoms with Crippen molar-refractivity contribution in [1.82, 2.24) is 66.4 Å². The van der Waals surface area contributed by atoms with Crippen molar-refractivity contribution in [2.24, 2.45) is 0 Å². The number of rotatable bonds is 11. The molecule has 8 rings (SSSR count). The van der Waals surface area contributed by atoms with Crippen LogP contribution in [0.5, 0.6) is 0 Å². The van der Waals surface area contributed by atoms with Gasteiger partial charge in [0.1, 0.15) is 54.9 Å². The van der Waals surface area contributed by atoms with Crippen molar-refractivity contribution in [3.05, 3.63) is 119 Å². The molecule has 3 aliphatic heterocycles. The Kier molecular flexibility index (Phi) is 26.5. The molecular weight excluding hydrogens is 1260 g/mol. The first-order chi connectivity index (χ1) is 45.5. The van der Waals surface area contributed by atoms with Gasteiger partial charge in [-0.25, -0.2) is 4.79 Å². The Morgan fingerprint density at radius 1 is 0.656 bits per heavy atom. The molecule has 3 saturated heterocycles. The summed E-state index contributed by atoms with van der Waals surface area (Å²) >= 11 is 6.39. The number of nitrogens with zero attached hydrogens (tertiary/aromatic N) is 5. The Labute approximate surface area is 562 Å². The van der Waals surface area contributed by atoms with Crippen molar-refractivity contribution in [3.8, 4) is 0 Å². The zero-order valence-electron chi connectivity index (χ0n) is 55.2. The SMILES string of the molecule is C=C1COC(=O)[C@H](CO)NC(=O)[C@H](Cc2c[nH]c3ccccc23)NC(=O)[C@H](CCCC)NC(=O)[C@H](Cc2c[nH]c3ccccc23)NC(=O)[C@H](C)NC(=O)CC(C(=O)N2CCCCC2)NC(=O)[C@@H]2CCCN2C(=O)CN(C)C(=O)[C@H](Cc2cccc(Cl)c2)N(C)C(=O)[C@H](C)N1C.O. The maximum atomic E-state index is 14.9. The lowest BCUT2D eigenvalue weighted by atomic mass is 10.0. The number of cyclic esters (lactones) is 1. The number of esters is 1. The second kappa shape index (κ2) is 34.4. The predicted molar refractivity (Wildman–Crippen MR) is 358 cm³/mol. The van der Waals surface area contributed by atoms with E-state index in [1.165, 1.54) is 42.8 Å². The van der Waals surface area contributed by atoms with Gasteiger partial charge in [-0.1, -0.05) is 86.5 Å². The fourth-order valence-corrected chi connectivity index (χ4v) is 12.5. The molecule has 2 aromatic heterocycles. The largest absolute Gasteiger partial charge is 0.458 e. The molecule has 5 heterocycles. The molecule has 10 amide bonds. The van der Waals surface area contributed by atoms with E-state index in [-0.39, 0.29) is 49.8 Å². The van der Waals surface area contributed by atoms with E-state index in [1.807, 2.05) is 49.4 Å². The Balaban J connectivity index is 0.0000130. The summed E-state index contributed by atoms with van der Waals surface area (Å²) in [6, 6.07) is 9.27. The third kappa shape index (κ3) is 18.8. The number of unbranched alkanes of at least 4 members (excludes halogenated alkanes) is 1. The van der Waals surface area contributed by atoms with Crippen LogP contribution in [-0.2, 0) is 76.7 Å². The summed E-state index contributed by atoms with van der Waals surface area (Å²) in [5.74, 6) is -8.28. The number of likely N-dealkylation sites (N-methyl/N-ethyl adjacent to an activating group) is 3. The molecular formula is C68H90ClN13O14. The second-order valence-corrected chi connectivity index (χ2v) is 25.3. The number of nitrogens with one attached hydrogen (secondary N) is 8. The highest BCUT2D eigenvalue weighted by Crippen LogP contribution is 2.25. The summed E-state index contributed by atoms with van der Waals surface area (Å²) in [7, 11) is 4.34. The molecule has 9 atom stereocenters. The van der Waals surface area contributed by atoms with Crippen LogP contribution in [0.25, 0.3) is 21.8 Å². The normalized spacial score (nSPS) is 24.4. The van der Waals surface area contributed by atoms with E-state index in [0.29, 0.717) is 66.9 Å². The minimum atomic E-state index is -1.69. The average Bonchev–Trinajstić information content (AvgIpc) is 1.55. The van der Waals surface area contributed by atoms with Crippen molar-refractivity contribution < 1.29 is 68.1 Å². The number of ether oxygens (including phenoxy) is 1. The number of H-pyrrole nitrogens is 2. The van der Waals surface area contributed by atoms with Gasteiger partial charge in [0.05, 0.1) is 19.6 Å². The van der Waals surface area contributed by atoms with Crippen LogP contribution in [0.4, 0.5) is 0 Å². The number of para-hydroxylation sites is 2. The number of benzene rings is 3. The van der Waals surface area contributed by atoms with Crippen molar-refractivity contribution in [3.63, 3.8) is 0 Å². The molecule has 3 aromatic carbocycles. The minimum absolute atomic E-state index is 0. The first kappa shape index (κ1) is 74.1. The lowest BCUT2D eigenvalue weighted by Gasteiger charge is -2.36. The van der Waals surface area contributed by atoms with Crippen molar-refractivity contribution in [2.45, 2.75) is 152 Å². The molecule has 0 bridgehead atoms. The van der Waals surface area contributed by atoms with Gasteiger partial charge in [0.15, 0.2) is 6.04 Å². The van der Waals surface area contributed by atoms with Crippen LogP contribution in [0.15, 0.2) is 97.5 Å². The van der Waals surface area contributed by atoms with E-state index in [2.05, 4.69) is 48.4 Å². The third-order valence-electron chi connectivity index (χ3n) is 18.0. The van der Waals surface area contributed by atoms with Gasteiger partial charge in [-0.3, -0.25) is 47.9 Å². The van der Waals surface area contributed by atoms with E-state index in [4.69, 9.17) is 16.3 Å². The molecule has 1 unspecified atom stereocenters. The lowest BCUT2D eigenvalue weighted by Crippen LogP contribution is -2.60. The van der Waals surface area contributed by atoms with Crippen LogP contribution in [-0.4, -0.2) is 225 Å². The number of aromatic amines is 2. The first-order valence-corrected chi connectivity index (χ1v) is 32.8. The summed E-state index contributed by atoms with van der Waals surface area (Å²) in [5, 5.41) is 28.8. The standard InChI is InChI=1S/C68H88ClN13O13.H2O/c1-8-9-23-51-61(87)75-53(33-45-36-71-50-25-14-12-22-48(45)50)63(89)77-55(38-83)68(94)95-39-40(2)79(6)42(4)65(91)80(7)57(31-43-19-17-20-46(69)30-43)67(93)78(5)37-59(85)82-29-18-26-56(82)64(90)76-54(66(92)81-27-15-10-16-28-81)34-58(84)72-41(3)60(86)74-52(62(88)73-51)32-44-35-70-49-24-13-11-21-47(44)49;/h11-14,17,19-22,24-25,30,35-36,41-42,51-57,70-71,83H,2,8-10,15-16,18,23,26-29,31-34,37-39H2,1,3-7H3,(H,72,84)(H,73,88)(H,74,86)(H,75,87)(H,76,90)(H,77,89);1H2/t41-,42-,51-,52-,53-,54?,55-,56-,57-;/m0./s1. The van der Waals surface area contributed by atoms with Crippen LogP contribution < -0.4 is 31.9 Å². The van der Waals surface area contributed by atoms with Crippen molar-refractivity contribution >= 4 is 98.4 Å². The highest BCUT2D eigenvalue weighted by molar-refractivity contribution is 6.30. The molecule has 518 valence electrons. The van der Waals surface area contributed by atoms with Crippen molar-refractivity contribution in [1.29, 1.82) is 0 Å². The molecule has 0 aliphatic carbocycles. The minimum Gasteiger partial charge on any atom is -0.458 e. The number of likely N-dealkylation sites (tertiary alicyclic amines) is 1. The lowest BCUT2D eigenvalue weighted by molar-refractivity contribution is -0.150. The Bertz CT molecular complexity index is 3650. The van der Waals surface area contributed by atoms with E-state index in [9.17, 15) is 57.8 Å². The maximum absolute atomic E-state index is 14.9. The number of carbonyl (C=O) groups excluding carboxylic acids is 11. The predicted octanol–water partition coefficient (Wildman–Crippen LogP) is 1.69. The van der Waals surface area contributed by atoms with Gasteiger partial charge in [-0.2, -0.15) is 0 Å². The van der Waals surface area contributed by atoms with Gasteiger partial charge < -0.3 is 81.7 Å². The smallest absolute Gasteiger partial charge is 0.331 e.